The minimum absolute atomic E-state index is 0.0338. The SMILES string of the molecule is CC(=O)SCCC(C)OS(C)(=O)=O. The molecule has 0 aromatic rings. The average molecular weight is 226 g/mol. The van der Waals surface area contributed by atoms with Crippen LogP contribution in [0.3, 0.4) is 0 Å². The van der Waals surface area contributed by atoms with Gasteiger partial charge in [-0.05, 0) is 13.3 Å². The van der Waals surface area contributed by atoms with Gasteiger partial charge < -0.3 is 0 Å². The summed E-state index contributed by atoms with van der Waals surface area (Å²) >= 11 is 1.17. The largest absolute Gasteiger partial charge is 0.288 e. The second kappa shape index (κ2) is 5.62. The number of carbonyl (C=O) groups excluding carboxylic acids is 1. The zero-order chi connectivity index (χ0) is 10.5. The molecule has 0 spiro atoms. The van der Waals surface area contributed by atoms with Crippen LogP contribution in [0.25, 0.3) is 0 Å². The number of rotatable bonds is 5. The van der Waals surface area contributed by atoms with Gasteiger partial charge in [0.2, 0.25) is 0 Å². The second-order valence-corrected chi connectivity index (χ2v) is 5.61. The van der Waals surface area contributed by atoms with Crippen LogP contribution in [0.2, 0.25) is 0 Å². The van der Waals surface area contributed by atoms with Gasteiger partial charge in [-0.3, -0.25) is 8.98 Å². The lowest BCUT2D eigenvalue weighted by atomic mass is 10.3. The van der Waals surface area contributed by atoms with Crippen molar-refractivity contribution in [2.75, 3.05) is 12.0 Å². The third-order valence-electron chi connectivity index (χ3n) is 1.17. The molecule has 0 amide bonds. The van der Waals surface area contributed by atoms with Crippen LogP contribution in [-0.2, 0) is 19.1 Å². The van der Waals surface area contributed by atoms with Gasteiger partial charge in [0.1, 0.15) is 0 Å². The van der Waals surface area contributed by atoms with Crippen molar-refractivity contribution in [2.45, 2.75) is 26.4 Å². The molecule has 0 saturated carbocycles. The van der Waals surface area contributed by atoms with Gasteiger partial charge in [-0.15, -0.1) is 0 Å². The van der Waals surface area contributed by atoms with Crippen molar-refractivity contribution in [1.29, 1.82) is 0 Å². The van der Waals surface area contributed by atoms with Crippen molar-refractivity contribution in [2.24, 2.45) is 0 Å². The fourth-order valence-electron chi connectivity index (χ4n) is 0.715. The van der Waals surface area contributed by atoms with E-state index in [0.717, 1.165) is 6.26 Å². The molecule has 0 aromatic heterocycles. The molecule has 0 rings (SSSR count). The van der Waals surface area contributed by atoms with Crippen LogP contribution >= 0.6 is 11.8 Å². The molecule has 4 nitrogen and oxygen atoms in total. The molecule has 0 fully saturated rings. The highest BCUT2D eigenvalue weighted by Gasteiger charge is 2.10. The molecule has 0 aromatic carbocycles. The molecule has 0 aliphatic carbocycles. The summed E-state index contributed by atoms with van der Waals surface area (Å²) < 4.78 is 26.0. The van der Waals surface area contributed by atoms with E-state index in [-0.39, 0.29) is 11.2 Å². The Morgan fingerprint density at radius 3 is 2.46 bits per heavy atom. The minimum atomic E-state index is -3.37. The van der Waals surface area contributed by atoms with E-state index < -0.39 is 10.1 Å². The molecule has 0 radical (unpaired) electrons. The van der Waals surface area contributed by atoms with Crippen LogP contribution < -0.4 is 0 Å². The fraction of sp³-hybridized carbons (Fsp3) is 0.857. The van der Waals surface area contributed by atoms with E-state index in [9.17, 15) is 13.2 Å². The summed E-state index contributed by atoms with van der Waals surface area (Å²) in [5, 5.41) is 0.0338. The van der Waals surface area contributed by atoms with E-state index in [1.165, 1.54) is 18.7 Å². The van der Waals surface area contributed by atoms with E-state index in [0.29, 0.717) is 12.2 Å². The predicted octanol–water partition coefficient (Wildman–Crippen LogP) is 1.02. The van der Waals surface area contributed by atoms with Gasteiger partial charge in [0.15, 0.2) is 5.12 Å². The Bertz CT molecular complexity index is 258. The first kappa shape index (κ1) is 12.9. The van der Waals surface area contributed by atoms with Gasteiger partial charge in [-0.1, -0.05) is 11.8 Å². The second-order valence-electron chi connectivity index (χ2n) is 2.74. The van der Waals surface area contributed by atoms with Crippen molar-refractivity contribution in [1.82, 2.24) is 0 Å². The molecular formula is C7H14O4S2. The Hall–Kier alpha value is -0.0700. The van der Waals surface area contributed by atoms with E-state index in [1.807, 2.05) is 0 Å². The fourth-order valence-corrected chi connectivity index (χ4v) is 2.15. The summed E-state index contributed by atoms with van der Waals surface area (Å²) in [5.41, 5.74) is 0. The Balaban J connectivity index is 3.64. The lowest BCUT2D eigenvalue weighted by molar-refractivity contribution is -0.109. The highest BCUT2D eigenvalue weighted by atomic mass is 32.2. The van der Waals surface area contributed by atoms with E-state index in [2.05, 4.69) is 4.18 Å². The Morgan fingerprint density at radius 1 is 1.54 bits per heavy atom. The quantitative estimate of drug-likeness (QED) is 0.655. The molecule has 1 atom stereocenters. The third-order valence-corrected chi connectivity index (χ3v) is 2.69. The lowest BCUT2D eigenvalue weighted by Gasteiger charge is -2.09. The summed E-state index contributed by atoms with van der Waals surface area (Å²) in [7, 11) is -3.37. The van der Waals surface area contributed by atoms with Gasteiger partial charge >= 0.3 is 0 Å². The van der Waals surface area contributed by atoms with Gasteiger partial charge in [0, 0.05) is 12.7 Å². The summed E-state index contributed by atoms with van der Waals surface area (Å²) in [6, 6.07) is 0. The first-order valence-corrected chi connectivity index (χ1v) is 6.63. The van der Waals surface area contributed by atoms with Crippen molar-refractivity contribution in [3.8, 4) is 0 Å². The Kier molecular flexibility index (Phi) is 5.59. The third kappa shape index (κ3) is 9.85. The topological polar surface area (TPSA) is 60.4 Å². The predicted molar refractivity (Wildman–Crippen MR) is 53.1 cm³/mol. The molecule has 78 valence electrons. The van der Waals surface area contributed by atoms with Crippen LogP contribution in [0.15, 0.2) is 0 Å². The van der Waals surface area contributed by atoms with Crippen LogP contribution in [0.5, 0.6) is 0 Å². The Morgan fingerprint density at radius 2 is 2.08 bits per heavy atom. The number of thioether (sulfide) groups is 1. The molecule has 0 bridgehead atoms. The molecule has 6 heteroatoms. The number of hydrogen-bond donors (Lipinski definition) is 0. The summed E-state index contributed by atoms with van der Waals surface area (Å²) in [6.07, 6.45) is 1.21. The van der Waals surface area contributed by atoms with Crippen LogP contribution in [-0.4, -0.2) is 31.6 Å². The molecular weight excluding hydrogens is 212 g/mol. The molecule has 0 N–H and O–H groups in total. The van der Waals surface area contributed by atoms with Crippen molar-refractivity contribution >= 4 is 27.0 Å². The molecule has 0 heterocycles. The molecule has 0 aliphatic heterocycles. The van der Waals surface area contributed by atoms with Crippen LogP contribution in [0.1, 0.15) is 20.3 Å². The lowest BCUT2D eigenvalue weighted by Crippen LogP contribution is -2.14. The normalized spacial score (nSPS) is 14.1. The molecule has 0 saturated heterocycles. The van der Waals surface area contributed by atoms with Gasteiger partial charge in [0.05, 0.1) is 12.4 Å². The van der Waals surface area contributed by atoms with Crippen LogP contribution in [0, 0.1) is 0 Å². The Labute approximate surface area is 83.2 Å². The van der Waals surface area contributed by atoms with Crippen LogP contribution in [0.4, 0.5) is 0 Å². The minimum Gasteiger partial charge on any atom is -0.288 e. The van der Waals surface area contributed by atoms with Gasteiger partial charge in [-0.25, -0.2) is 0 Å². The summed E-state index contributed by atoms with van der Waals surface area (Å²) in [5.74, 6) is 0.589. The zero-order valence-electron chi connectivity index (χ0n) is 7.94. The van der Waals surface area contributed by atoms with E-state index >= 15 is 0 Å². The zero-order valence-corrected chi connectivity index (χ0v) is 9.57. The van der Waals surface area contributed by atoms with Crippen molar-refractivity contribution < 1.29 is 17.4 Å². The monoisotopic (exact) mass is 226 g/mol. The van der Waals surface area contributed by atoms with Crippen molar-refractivity contribution in [3.05, 3.63) is 0 Å². The molecule has 0 aliphatic rings. The highest BCUT2D eigenvalue weighted by Crippen LogP contribution is 2.09. The molecule has 1 unspecified atom stereocenters. The van der Waals surface area contributed by atoms with Gasteiger partial charge in [-0.2, -0.15) is 8.42 Å². The smallest absolute Gasteiger partial charge is 0.264 e. The van der Waals surface area contributed by atoms with Crippen molar-refractivity contribution in [3.63, 3.8) is 0 Å². The first-order chi connectivity index (χ1) is 5.81. The number of carbonyl (C=O) groups is 1. The van der Waals surface area contributed by atoms with E-state index in [1.54, 1.807) is 6.92 Å². The maximum absolute atomic E-state index is 10.6. The standard InChI is InChI=1S/C7H14O4S2/c1-6(11-13(3,9)10)4-5-12-7(2)8/h6H,4-5H2,1-3H3. The summed E-state index contributed by atoms with van der Waals surface area (Å²) in [4.78, 5) is 10.5. The maximum atomic E-state index is 10.6. The molecule has 13 heavy (non-hydrogen) atoms. The first-order valence-electron chi connectivity index (χ1n) is 3.83. The highest BCUT2D eigenvalue weighted by molar-refractivity contribution is 8.13. The summed E-state index contributed by atoms with van der Waals surface area (Å²) in [6.45, 7) is 3.15. The average Bonchev–Trinajstić information content (AvgIpc) is 1.81. The van der Waals surface area contributed by atoms with E-state index in [4.69, 9.17) is 0 Å². The van der Waals surface area contributed by atoms with Gasteiger partial charge in [0.25, 0.3) is 10.1 Å². The number of hydrogen-bond acceptors (Lipinski definition) is 5. The maximum Gasteiger partial charge on any atom is 0.264 e.